The van der Waals surface area contributed by atoms with Crippen LogP contribution in [-0.4, -0.2) is 18.8 Å². The van der Waals surface area contributed by atoms with Crippen LogP contribution in [0.1, 0.15) is 5.56 Å². The van der Waals surface area contributed by atoms with Gasteiger partial charge in [-0.1, -0.05) is 36.4 Å². The third-order valence-electron chi connectivity index (χ3n) is 3.36. The molecule has 0 aromatic heterocycles. The maximum absolute atomic E-state index is 2.51. The van der Waals surface area contributed by atoms with Crippen molar-refractivity contribution in [1.29, 1.82) is 0 Å². The molecule has 2 aromatic carbocycles. The topological polar surface area (TPSA) is 3.24 Å². The number of hydrogen-bond acceptors (Lipinski definition) is 2. The van der Waals surface area contributed by atoms with Crippen LogP contribution in [-0.2, 0) is 6.42 Å². The minimum Gasteiger partial charge on any atom is -0.370 e. The zero-order chi connectivity index (χ0) is 12.2. The van der Waals surface area contributed by atoms with Crippen molar-refractivity contribution in [2.24, 2.45) is 0 Å². The number of para-hydroxylation sites is 1. The highest BCUT2D eigenvalue weighted by molar-refractivity contribution is 7.99. The summed E-state index contributed by atoms with van der Waals surface area (Å²) in [6.07, 6.45) is 1.20. The predicted molar refractivity (Wildman–Crippen MR) is 79.5 cm³/mol. The van der Waals surface area contributed by atoms with E-state index in [4.69, 9.17) is 0 Å². The Kier molecular flexibility index (Phi) is 3.56. The van der Waals surface area contributed by atoms with Crippen LogP contribution in [0.4, 0.5) is 5.69 Å². The van der Waals surface area contributed by atoms with Gasteiger partial charge in [0.2, 0.25) is 0 Å². The molecule has 0 saturated carbocycles. The highest BCUT2D eigenvalue weighted by Gasteiger charge is 2.17. The van der Waals surface area contributed by atoms with Crippen LogP contribution in [0.15, 0.2) is 59.5 Å². The molecule has 0 atom stereocenters. The summed E-state index contributed by atoms with van der Waals surface area (Å²) in [5, 5.41) is 0. The first kappa shape index (κ1) is 11.7. The zero-order valence-corrected chi connectivity index (χ0v) is 11.2. The molecule has 18 heavy (non-hydrogen) atoms. The van der Waals surface area contributed by atoms with E-state index >= 15 is 0 Å². The average Bonchev–Trinajstić information content (AvgIpc) is 2.84. The molecule has 1 heterocycles. The van der Waals surface area contributed by atoms with E-state index in [2.05, 4.69) is 59.5 Å². The first-order valence-corrected chi connectivity index (χ1v) is 7.43. The standard InChI is InChI=1S/C16H17NS/c1-2-7-15(8-3-1)18-13-12-17-11-10-14-6-4-5-9-16(14)17/h1-9H,10-13H2. The first-order chi connectivity index (χ1) is 8.93. The summed E-state index contributed by atoms with van der Waals surface area (Å²) in [7, 11) is 0. The fraction of sp³-hybridized carbons (Fsp3) is 0.250. The Morgan fingerprint density at radius 3 is 2.61 bits per heavy atom. The van der Waals surface area contributed by atoms with Crippen LogP contribution in [0, 0.1) is 0 Å². The molecule has 0 aliphatic carbocycles. The third kappa shape index (κ3) is 2.54. The number of benzene rings is 2. The Hall–Kier alpha value is -1.41. The molecule has 2 aromatic rings. The van der Waals surface area contributed by atoms with Gasteiger partial charge in [0.15, 0.2) is 0 Å². The van der Waals surface area contributed by atoms with Gasteiger partial charge < -0.3 is 4.90 Å². The molecule has 0 saturated heterocycles. The lowest BCUT2D eigenvalue weighted by Crippen LogP contribution is -2.23. The highest BCUT2D eigenvalue weighted by Crippen LogP contribution is 2.28. The smallest absolute Gasteiger partial charge is 0.0399 e. The molecular weight excluding hydrogens is 238 g/mol. The minimum absolute atomic E-state index is 1.14. The van der Waals surface area contributed by atoms with Crippen molar-refractivity contribution < 1.29 is 0 Å². The summed E-state index contributed by atoms with van der Waals surface area (Å²) < 4.78 is 0. The Labute approximate surface area is 113 Å². The Balaban J connectivity index is 1.56. The third-order valence-corrected chi connectivity index (χ3v) is 4.35. The molecule has 1 nitrogen and oxygen atoms in total. The number of rotatable bonds is 4. The summed E-state index contributed by atoms with van der Waals surface area (Å²) >= 11 is 1.94. The molecule has 92 valence electrons. The van der Waals surface area contributed by atoms with Gasteiger partial charge in [0.1, 0.15) is 0 Å². The van der Waals surface area contributed by atoms with Crippen LogP contribution >= 0.6 is 11.8 Å². The van der Waals surface area contributed by atoms with Crippen LogP contribution in [0.2, 0.25) is 0 Å². The monoisotopic (exact) mass is 255 g/mol. The largest absolute Gasteiger partial charge is 0.370 e. The molecular formula is C16H17NS. The Morgan fingerprint density at radius 1 is 0.944 bits per heavy atom. The molecule has 0 unspecified atom stereocenters. The summed E-state index contributed by atoms with van der Waals surface area (Å²) in [5.74, 6) is 1.15. The lowest BCUT2D eigenvalue weighted by atomic mass is 10.2. The molecule has 0 fully saturated rings. The number of nitrogens with zero attached hydrogens (tertiary/aromatic N) is 1. The highest BCUT2D eigenvalue weighted by atomic mass is 32.2. The van der Waals surface area contributed by atoms with E-state index in [-0.39, 0.29) is 0 Å². The van der Waals surface area contributed by atoms with E-state index in [1.54, 1.807) is 0 Å². The van der Waals surface area contributed by atoms with E-state index in [9.17, 15) is 0 Å². The summed E-state index contributed by atoms with van der Waals surface area (Å²) in [6.45, 7) is 2.31. The molecule has 1 aliphatic heterocycles. The van der Waals surface area contributed by atoms with Gasteiger partial charge in [-0.2, -0.15) is 0 Å². The van der Waals surface area contributed by atoms with Crippen molar-refractivity contribution >= 4 is 17.4 Å². The number of fused-ring (bicyclic) bond motifs is 1. The maximum atomic E-state index is 2.51. The predicted octanol–water partition coefficient (Wildman–Crippen LogP) is 3.84. The van der Waals surface area contributed by atoms with Crippen molar-refractivity contribution in [3.63, 3.8) is 0 Å². The van der Waals surface area contributed by atoms with Gasteiger partial charge in [-0.15, -0.1) is 11.8 Å². The van der Waals surface area contributed by atoms with Gasteiger partial charge in [0, 0.05) is 29.4 Å². The SMILES string of the molecule is c1ccc(SCCN2CCc3ccccc32)cc1. The number of thioether (sulfide) groups is 1. The van der Waals surface area contributed by atoms with Crippen LogP contribution in [0.5, 0.6) is 0 Å². The van der Waals surface area contributed by atoms with Crippen molar-refractivity contribution in [3.8, 4) is 0 Å². The molecule has 1 aliphatic rings. The van der Waals surface area contributed by atoms with Gasteiger partial charge in [-0.3, -0.25) is 0 Å². The molecule has 2 heteroatoms. The van der Waals surface area contributed by atoms with Gasteiger partial charge in [0.25, 0.3) is 0 Å². The van der Waals surface area contributed by atoms with Crippen molar-refractivity contribution in [1.82, 2.24) is 0 Å². The lowest BCUT2D eigenvalue weighted by Gasteiger charge is -2.18. The second-order valence-corrected chi connectivity index (χ2v) is 5.70. The van der Waals surface area contributed by atoms with Crippen molar-refractivity contribution in [2.75, 3.05) is 23.7 Å². The van der Waals surface area contributed by atoms with Crippen molar-refractivity contribution in [3.05, 3.63) is 60.2 Å². The fourth-order valence-corrected chi connectivity index (χ4v) is 3.33. The molecule has 0 N–H and O–H groups in total. The fourth-order valence-electron chi connectivity index (χ4n) is 2.43. The van der Waals surface area contributed by atoms with Gasteiger partial charge >= 0.3 is 0 Å². The van der Waals surface area contributed by atoms with Crippen LogP contribution in [0.3, 0.4) is 0 Å². The van der Waals surface area contributed by atoms with E-state index < -0.39 is 0 Å². The normalized spacial score (nSPS) is 13.7. The second-order valence-electron chi connectivity index (χ2n) is 4.53. The van der Waals surface area contributed by atoms with Gasteiger partial charge in [-0.05, 0) is 30.2 Å². The molecule has 3 rings (SSSR count). The van der Waals surface area contributed by atoms with E-state index in [1.807, 2.05) is 11.8 Å². The quantitative estimate of drug-likeness (QED) is 0.764. The summed E-state index contributed by atoms with van der Waals surface area (Å²) in [4.78, 5) is 3.87. The second kappa shape index (κ2) is 5.49. The van der Waals surface area contributed by atoms with Gasteiger partial charge in [0.05, 0.1) is 0 Å². The van der Waals surface area contributed by atoms with Crippen LogP contribution in [0.25, 0.3) is 0 Å². The van der Waals surface area contributed by atoms with Gasteiger partial charge in [-0.25, -0.2) is 0 Å². The summed E-state index contributed by atoms with van der Waals surface area (Å²) in [6, 6.07) is 19.4. The summed E-state index contributed by atoms with van der Waals surface area (Å²) in [5.41, 5.74) is 2.94. The Bertz CT molecular complexity index is 510. The minimum atomic E-state index is 1.14. The molecule has 0 bridgehead atoms. The van der Waals surface area contributed by atoms with Crippen molar-refractivity contribution in [2.45, 2.75) is 11.3 Å². The zero-order valence-electron chi connectivity index (χ0n) is 10.4. The first-order valence-electron chi connectivity index (χ1n) is 6.44. The number of hydrogen-bond donors (Lipinski definition) is 0. The Morgan fingerprint density at radius 2 is 1.72 bits per heavy atom. The number of anilines is 1. The molecule has 0 spiro atoms. The lowest BCUT2D eigenvalue weighted by molar-refractivity contribution is 0.874. The van der Waals surface area contributed by atoms with E-state index in [1.165, 1.54) is 29.1 Å². The maximum Gasteiger partial charge on any atom is 0.0399 e. The van der Waals surface area contributed by atoms with E-state index in [0.29, 0.717) is 0 Å². The van der Waals surface area contributed by atoms with Crippen LogP contribution < -0.4 is 4.90 Å². The molecule has 0 amide bonds. The average molecular weight is 255 g/mol. The molecule has 0 radical (unpaired) electrons. The van der Waals surface area contributed by atoms with E-state index in [0.717, 1.165) is 12.3 Å².